The molecule has 0 N–H and O–H groups in total. The van der Waals surface area contributed by atoms with Gasteiger partial charge in [0, 0.05) is 45.2 Å². The van der Waals surface area contributed by atoms with E-state index in [0.29, 0.717) is 6.54 Å². The number of likely N-dealkylation sites (N-methyl/N-ethyl adjacent to an activating group) is 1. The van der Waals surface area contributed by atoms with Crippen molar-refractivity contribution in [3.05, 3.63) is 29.8 Å². The van der Waals surface area contributed by atoms with Crippen molar-refractivity contribution in [1.82, 2.24) is 14.7 Å². The average Bonchev–Trinajstić information content (AvgIpc) is 2.61. The first-order valence-corrected chi connectivity index (χ1v) is 8.42. The first-order valence-electron chi connectivity index (χ1n) is 8.42. The van der Waals surface area contributed by atoms with Gasteiger partial charge in [0.15, 0.2) is 0 Å². The van der Waals surface area contributed by atoms with E-state index in [1.54, 1.807) is 12.0 Å². The minimum atomic E-state index is -0.110. The lowest BCUT2D eigenvalue weighted by molar-refractivity contribution is -0.141. The van der Waals surface area contributed by atoms with Crippen LogP contribution in [0.1, 0.15) is 19.4 Å². The molecule has 0 aliphatic carbocycles. The fourth-order valence-electron chi connectivity index (χ4n) is 2.89. The SMILES string of the molecule is CCN1CCN(C(=O)CN(Cc2ccccc2OC)C(C)=O)CC1. The predicted octanol–water partition coefficient (Wildman–Crippen LogP) is 1.21. The summed E-state index contributed by atoms with van der Waals surface area (Å²) in [6.07, 6.45) is 0. The minimum Gasteiger partial charge on any atom is -0.496 e. The van der Waals surface area contributed by atoms with Crippen molar-refractivity contribution in [3.63, 3.8) is 0 Å². The standard InChI is InChI=1S/C18H27N3O3/c1-4-19-9-11-20(12-10-19)18(23)14-21(15(2)22)13-16-7-5-6-8-17(16)24-3/h5-8H,4,9-14H2,1-3H3. The molecule has 2 amide bonds. The van der Waals surface area contributed by atoms with Crippen molar-refractivity contribution < 1.29 is 14.3 Å². The largest absolute Gasteiger partial charge is 0.496 e. The van der Waals surface area contributed by atoms with Crippen LogP contribution in [-0.4, -0.2) is 72.9 Å². The third kappa shape index (κ3) is 4.71. The number of para-hydroxylation sites is 1. The highest BCUT2D eigenvalue weighted by molar-refractivity contribution is 5.84. The molecule has 0 bridgehead atoms. The van der Waals surface area contributed by atoms with Gasteiger partial charge in [0.25, 0.3) is 0 Å². The zero-order chi connectivity index (χ0) is 17.5. The Balaban J connectivity index is 1.98. The quantitative estimate of drug-likeness (QED) is 0.785. The van der Waals surface area contributed by atoms with Crippen LogP contribution in [0.3, 0.4) is 0 Å². The predicted molar refractivity (Wildman–Crippen MR) is 92.8 cm³/mol. The molecule has 6 nitrogen and oxygen atoms in total. The van der Waals surface area contributed by atoms with Gasteiger partial charge in [0.1, 0.15) is 12.3 Å². The number of benzene rings is 1. The van der Waals surface area contributed by atoms with Crippen molar-refractivity contribution in [2.24, 2.45) is 0 Å². The van der Waals surface area contributed by atoms with E-state index in [1.807, 2.05) is 29.2 Å². The van der Waals surface area contributed by atoms with Crippen LogP contribution in [0.25, 0.3) is 0 Å². The first kappa shape index (κ1) is 18.3. The smallest absolute Gasteiger partial charge is 0.242 e. The Morgan fingerprint density at radius 2 is 1.83 bits per heavy atom. The third-order valence-electron chi connectivity index (χ3n) is 4.50. The summed E-state index contributed by atoms with van der Waals surface area (Å²) in [5.74, 6) is 0.630. The highest BCUT2D eigenvalue weighted by Crippen LogP contribution is 2.19. The number of carbonyl (C=O) groups is 2. The van der Waals surface area contributed by atoms with E-state index in [1.165, 1.54) is 6.92 Å². The normalized spacial score (nSPS) is 15.2. The molecular weight excluding hydrogens is 306 g/mol. The molecule has 1 aromatic rings. The van der Waals surface area contributed by atoms with Crippen LogP contribution in [0.5, 0.6) is 5.75 Å². The zero-order valence-corrected chi connectivity index (χ0v) is 14.8. The number of hydrogen-bond donors (Lipinski definition) is 0. The first-order chi connectivity index (χ1) is 11.5. The maximum atomic E-state index is 12.5. The van der Waals surface area contributed by atoms with Crippen LogP contribution in [0, 0.1) is 0 Å². The molecule has 6 heteroatoms. The molecule has 0 unspecified atom stereocenters. The van der Waals surface area contributed by atoms with Crippen molar-refractivity contribution >= 4 is 11.8 Å². The monoisotopic (exact) mass is 333 g/mol. The van der Waals surface area contributed by atoms with Crippen molar-refractivity contribution in [2.75, 3.05) is 46.4 Å². The van der Waals surface area contributed by atoms with Gasteiger partial charge in [0.2, 0.25) is 11.8 Å². The van der Waals surface area contributed by atoms with Crippen LogP contribution in [0.4, 0.5) is 0 Å². The Labute approximate surface area is 144 Å². The van der Waals surface area contributed by atoms with Crippen LogP contribution in [0.15, 0.2) is 24.3 Å². The molecule has 24 heavy (non-hydrogen) atoms. The molecule has 0 aromatic heterocycles. The molecule has 132 valence electrons. The lowest BCUT2D eigenvalue weighted by Crippen LogP contribution is -2.51. The number of piperazine rings is 1. The average molecular weight is 333 g/mol. The Kier molecular flexibility index (Phi) is 6.61. The van der Waals surface area contributed by atoms with E-state index in [4.69, 9.17) is 4.74 Å². The molecule has 1 aromatic carbocycles. The summed E-state index contributed by atoms with van der Waals surface area (Å²) in [5.41, 5.74) is 0.902. The highest BCUT2D eigenvalue weighted by atomic mass is 16.5. The number of amides is 2. The topological polar surface area (TPSA) is 53.1 Å². The van der Waals surface area contributed by atoms with Crippen LogP contribution >= 0.6 is 0 Å². The van der Waals surface area contributed by atoms with Crippen LogP contribution in [0.2, 0.25) is 0 Å². The Bertz CT molecular complexity index is 568. The molecule has 2 rings (SSSR count). The summed E-state index contributed by atoms with van der Waals surface area (Å²) in [5, 5.41) is 0. The number of carbonyl (C=O) groups excluding carboxylic acids is 2. The second kappa shape index (κ2) is 8.68. The van der Waals surface area contributed by atoms with E-state index < -0.39 is 0 Å². The van der Waals surface area contributed by atoms with Crippen molar-refractivity contribution in [1.29, 1.82) is 0 Å². The van der Waals surface area contributed by atoms with Gasteiger partial charge in [-0.2, -0.15) is 0 Å². The molecule has 1 aliphatic heterocycles. The zero-order valence-electron chi connectivity index (χ0n) is 14.8. The summed E-state index contributed by atoms with van der Waals surface area (Å²) >= 11 is 0. The lowest BCUT2D eigenvalue weighted by Gasteiger charge is -2.35. The molecule has 1 heterocycles. The third-order valence-corrected chi connectivity index (χ3v) is 4.50. The summed E-state index contributed by atoms with van der Waals surface area (Å²) in [6, 6.07) is 7.57. The number of ether oxygens (including phenoxy) is 1. The minimum absolute atomic E-state index is 0.0100. The second-order valence-corrected chi connectivity index (χ2v) is 6.00. The Morgan fingerprint density at radius 1 is 1.17 bits per heavy atom. The van der Waals surface area contributed by atoms with E-state index in [-0.39, 0.29) is 18.4 Å². The van der Waals surface area contributed by atoms with Gasteiger partial charge in [-0.15, -0.1) is 0 Å². The van der Waals surface area contributed by atoms with Gasteiger partial charge in [0.05, 0.1) is 7.11 Å². The van der Waals surface area contributed by atoms with E-state index >= 15 is 0 Å². The van der Waals surface area contributed by atoms with Crippen LogP contribution < -0.4 is 4.74 Å². The molecule has 0 radical (unpaired) electrons. The van der Waals surface area contributed by atoms with E-state index in [2.05, 4.69) is 11.8 Å². The fraction of sp³-hybridized carbons (Fsp3) is 0.556. The lowest BCUT2D eigenvalue weighted by atomic mass is 10.2. The molecule has 1 aliphatic rings. The van der Waals surface area contributed by atoms with Crippen molar-refractivity contribution in [2.45, 2.75) is 20.4 Å². The van der Waals surface area contributed by atoms with Gasteiger partial charge in [-0.3, -0.25) is 9.59 Å². The molecule has 1 fully saturated rings. The molecule has 0 saturated carbocycles. The second-order valence-electron chi connectivity index (χ2n) is 6.00. The summed E-state index contributed by atoms with van der Waals surface area (Å²) in [6.45, 7) is 8.37. The van der Waals surface area contributed by atoms with Gasteiger partial charge in [-0.25, -0.2) is 0 Å². The van der Waals surface area contributed by atoms with Gasteiger partial charge >= 0.3 is 0 Å². The van der Waals surface area contributed by atoms with E-state index in [9.17, 15) is 9.59 Å². The molecule has 0 spiro atoms. The fourth-order valence-corrected chi connectivity index (χ4v) is 2.89. The van der Waals surface area contributed by atoms with Crippen LogP contribution in [-0.2, 0) is 16.1 Å². The summed E-state index contributed by atoms with van der Waals surface area (Å²) in [4.78, 5) is 30.3. The molecule has 0 atom stereocenters. The summed E-state index contributed by atoms with van der Waals surface area (Å²) < 4.78 is 5.33. The number of rotatable bonds is 6. The van der Waals surface area contributed by atoms with Gasteiger partial charge in [-0.1, -0.05) is 25.1 Å². The number of methoxy groups -OCH3 is 1. The van der Waals surface area contributed by atoms with Crippen molar-refractivity contribution in [3.8, 4) is 5.75 Å². The molecular formula is C18H27N3O3. The van der Waals surface area contributed by atoms with Gasteiger partial charge < -0.3 is 19.4 Å². The highest BCUT2D eigenvalue weighted by Gasteiger charge is 2.23. The number of nitrogens with zero attached hydrogens (tertiary/aromatic N) is 3. The summed E-state index contributed by atoms with van der Waals surface area (Å²) in [7, 11) is 1.61. The maximum Gasteiger partial charge on any atom is 0.242 e. The number of hydrogen-bond acceptors (Lipinski definition) is 4. The van der Waals surface area contributed by atoms with Gasteiger partial charge in [-0.05, 0) is 12.6 Å². The maximum absolute atomic E-state index is 12.5. The Morgan fingerprint density at radius 3 is 2.42 bits per heavy atom. The van der Waals surface area contributed by atoms with E-state index in [0.717, 1.165) is 44.0 Å². The Hall–Kier alpha value is -2.08. The molecule has 1 saturated heterocycles.